The molecule has 1 aliphatic rings. The zero-order chi connectivity index (χ0) is 13.1. The molecule has 1 aliphatic heterocycles. The summed E-state index contributed by atoms with van der Waals surface area (Å²) in [7, 11) is 0. The van der Waals surface area contributed by atoms with Crippen LogP contribution in [0.25, 0.3) is 0 Å². The SMILES string of the molecule is Clc1ccc(C2=NC[CH]C(c3ccccc3)C2)cc1. The van der Waals surface area contributed by atoms with Gasteiger partial charge in [-0.1, -0.05) is 54.1 Å². The molecule has 1 heterocycles. The van der Waals surface area contributed by atoms with Gasteiger partial charge in [-0.15, -0.1) is 0 Å². The lowest BCUT2D eigenvalue weighted by Gasteiger charge is -2.22. The maximum Gasteiger partial charge on any atom is 0.0430 e. The number of aliphatic imine (C=N–C) groups is 1. The molecule has 0 N–H and O–H groups in total. The van der Waals surface area contributed by atoms with Crippen LogP contribution >= 0.6 is 11.6 Å². The van der Waals surface area contributed by atoms with Gasteiger partial charge in [0.1, 0.15) is 0 Å². The molecule has 2 heteroatoms. The Morgan fingerprint density at radius 3 is 2.42 bits per heavy atom. The van der Waals surface area contributed by atoms with E-state index in [2.05, 4.69) is 53.9 Å². The Morgan fingerprint density at radius 2 is 1.68 bits per heavy atom. The summed E-state index contributed by atoms with van der Waals surface area (Å²) in [6, 6.07) is 18.6. The maximum absolute atomic E-state index is 5.93. The molecule has 0 aromatic heterocycles. The first-order valence-corrected chi connectivity index (χ1v) is 6.88. The second-order valence-corrected chi connectivity index (χ2v) is 5.19. The topological polar surface area (TPSA) is 12.4 Å². The Balaban J connectivity index is 1.82. The second kappa shape index (κ2) is 5.58. The van der Waals surface area contributed by atoms with E-state index in [-0.39, 0.29) is 0 Å². The van der Waals surface area contributed by atoms with Crippen LogP contribution in [0.4, 0.5) is 0 Å². The number of hydrogen-bond acceptors (Lipinski definition) is 1. The first kappa shape index (κ1) is 12.4. The fourth-order valence-corrected chi connectivity index (χ4v) is 2.58. The van der Waals surface area contributed by atoms with Gasteiger partial charge in [0.2, 0.25) is 0 Å². The highest BCUT2D eigenvalue weighted by molar-refractivity contribution is 6.30. The number of rotatable bonds is 2. The van der Waals surface area contributed by atoms with Gasteiger partial charge in [-0.3, -0.25) is 4.99 Å². The van der Waals surface area contributed by atoms with E-state index in [1.165, 1.54) is 16.8 Å². The van der Waals surface area contributed by atoms with Gasteiger partial charge >= 0.3 is 0 Å². The van der Waals surface area contributed by atoms with Crippen LogP contribution in [-0.2, 0) is 0 Å². The van der Waals surface area contributed by atoms with E-state index in [0.717, 1.165) is 18.0 Å². The van der Waals surface area contributed by atoms with Crippen LogP contribution in [0.1, 0.15) is 23.5 Å². The Morgan fingerprint density at radius 1 is 0.947 bits per heavy atom. The van der Waals surface area contributed by atoms with Crippen LogP contribution in [-0.4, -0.2) is 12.3 Å². The summed E-state index contributed by atoms with van der Waals surface area (Å²) in [5, 5.41) is 0.770. The average Bonchev–Trinajstić information content (AvgIpc) is 2.49. The Kier molecular flexibility index (Phi) is 3.65. The van der Waals surface area contributed by atoms with Crippen LogP contribution in [0.3, 0.4) is 0 Å². The fourth-order valence-electron chi connectivity index (χ4n) is 2.45. The molecule has 0 saturated carbocycles. The van der Waals surface area contributed by atoms with Crippen molar-refractivity contribution in [3.8, 4) is 0 Å². The summed E-state index contributed by atoms with van der Waals surface area (Å²) in [5.74, 6) is 0.462. The standard InChI is InChI=1S/C17H15ClN/c18-16-8-6-14(7-9-16)17-12-15(10-11-19-17)13-4-2-1-3-5-13/h1-10,15H,11-12H2. The number of nitrogens with zero attached hydrogens (tertiary/aromatic N) is 1. The summed E-state index contributed by atoms with van der Waals surface area (Å²) in [6.45, 7) is 0.789. The molecular formula is C17H15ClN. The molecular weight excluding hydrogens is 254 g/mol. The van der Waals surface area contributed by atoms with Crippen molar-refractivity contribution in [1.82, 2.24) is 0 Å². The quantitative estimate of drug-likeness (QED) is 0.759. The van der Waals surface area contributed by atoms with E-state index >= 15 is 0 Å². The van der Waals surface area contributed by atoms with Gasteiger partial charge in [-0.2, -0.15) is 0 Å². The lowest BCUT2D eigenvalue weighted by Crippen LogP contribution is -2.16. The van der Waals surface area contributed by atoms with Gasteiger partial charge in [-0.25, -0.2) is 0 Å². The third-order valence-electron chi connectivity index (χ3n) is 3.49. The van der Waals surface area contributed by atoms with E-state index in [1.54, 1.807) is 0 Å². The van der Waals surface area contributed by atoms with Gasteiger partial charge in [0, 0.05) is 17.3 Å². The Bertz CT molecular complexity index is 572. The van der Waals surface area contributed by atoms with Crippen molar-refractivity contribution in [2.75, 3.05) is 6.54 Å². The van der Waals surface area contributed by atoms with Crippen molar-refractivity contribution in [3.63, 3.8) is 0 Å². The lowest BCUT2D eigenvalue weighted by molar-refractivity contribution is 0.767. The minimum Gasteiger partial charge on any atom is -0.289 e. The van der Waals surface area contributed by atoms with E-state index in [1.807, 2.05) is 12.1 Å². The highest BCUT2D eigenvalue weighted by Gasteiger charge is 2.19. The number of benzene rings is 2. The van der Waals surface area contributed by atoms with Gasteiger partial charge in [0.25, 0.3) is 0 Å². The summed E-state index contributed by atoms with van der Waals surface area (Å²) in [4.78, 5) is 4.62. The number of halogens is 1. The average molecular weight is 269 g/mol. The molecule has 0 amide bonds. The second-order valence-electron chi connectivity index (χ2n) is 4.75. The Hall–Kier alpha value is -1.60. The predicted octanol–water partition coefficient (Wildman–Crippen LogP) is 4.52. The van der Waals surface area contributed by atoms with Crippen LogP contribution in [0.15, 0.2) is 59.6 Å². The molecule has 0 aliphatic carbocycles. The molecule has 0 spiro atoms. The zero-order valence-corrected chi connectivity index (χ0v) is 11.3. The van der Waals surface area contributed by atoms with Crippen molar-refractivity contribution in [1.29, 1.82) is 0 Å². The van der Waals surface area contributed by atoms with E-state index in [4.69, 9.17) is 11.6 Å². The third kappa shape index (κ3) is 2.87. The first-order valence-electron chi connectivity index (χ1n) is 6.50. The van der Waals surface area contributed by atoms with E-state index in [0.29, 0.717) is 5.92 Å². The molecule has 19 heavy (non-hydrogen) atoms. The van der Waals surface area contributed by atoms with E-state index in [9.17, 15) is 0 Å². The lowest BCUT2D eigenvalue weighted by atomic mass is 9.86. The normalized spacial score (nSPS) is 19.0. The van der Waals surface area contributed by atoms with Gasteiger partial charge in [0.05, 0.1) is 0 Å². The van der Waals surface area contributed by atoms with Crippen molar-refractivity contribution in [2.24, 2.45) is 4.99 Å². The molecule has 1 radical (unpaired) electrons. The molecule has 0 bridgehead atoms. The van der Waals surface area contributed by atoms with E-state index < -0.39 is 0 Å². The minimum atomic E-state index is 0.462. The van der Waals surface area contributed by atoms with Gasteiger partial charge in [-0.05, 0) is 42.0 Å². The van der Waals surface area contributed by atoms with Crippen molar-refractivity contribution < 1.29 is 0 Å². The summed E-state index contributed by atoms with van der Waals surface area (Å²) in [6.07, 6.45) is 3.25. The summed E-state index contributed by atoms with van der Waals surface area (Å²) < 4.78 is 0. The highest BCUT2D eigenvalue weighted by atomic mass is 35.5. The predicted molar refractivity (Wildman–Crippen MR) is 81.0 cm³/mol. The van der Waals surface area contributed by atoms with Crippen molar-refractivity contribution in [2.45, 2.75) is 12.3 Å². The largest absolute Gasteiger partial charge is 0.289 e. The van der Waals surface area contributed by atoms with Crippen LogP contribution in [0.5, 0.6) is 0 Å². The van der Waals surface area contributed by atoms with Crippen LogP contribution in [0, 0.1) is 6.42 Å². The molecule has 0 fully saturated rings. The third-order valence-corrected chi connectivity index (χ3v) is 3.74. The smallest absolute Gasteiger partial charge is 0.0430 e. The monoisotopic (exact) mass is 268 g/mol. The summed E-state index contributed by atoms with van der Waals surface area (Å²) in [5.41, 5.74) is 3.72. The Labute approximate surface area is 119 Å². The van der Waals surface area contributed by atoms with Crippen molar-refractivity contribution >= 4 is 17.3 Å². The minimum absolute atomic E-state index is 0.462. The summed E-state index contributed by atoms with van der Waals surface area (Å²) >= 11 is 5.93. The van der Waals surface area contributed by atoms with Crippen LogP contribution in [0.2, 0.25) is 5.02 Å². The maximum atomic E-state index is 5.93. The van der Waals surface area contributed by atoms with Crippen LogP contribution < -0.4 is 0 Å². The molecule has 2 aromatic rings. The molecule has 1 atom stereocenters. The molecule has 2 aromatic carbocycles. The molecule has 3 rings (SSSR count). The van der Waals surface area contributed by atoms with Gasteiger partial charge < -0.3 is 0 Å². The molecule has 1 nitrogen and oxygen atoms in total. The highest BCUT2D eigenvalue weighted by Crippen LogP contribution is 2.28. The van der Waals surface area contributed by atoms with Crippen molar-refractivity contribution in [3.05, 3.63) is 77.2 Å². The first-order chi connectivity index (χ1) is 9.33. The molecule has 0 saturated heterocycles. The number of hydrogen-bond donors (Lipinski definition) is 0. The molecule has 95 valence electrons. The molecule has 1 unspecified atom stereocenters. The zero-order valence-electron chi connectivity index (χ0n) is 10.6. The fraction of sp³-hybridized carbons (Fsp3) is 0.176. The van der Waals surface area contributed by atoms with Gasteiger partial charge in [0.15, 0.2) is 0 Å².